The van der Waals surface area contributed by atoms with E-state index in [1.807, 2.05) is 6.92 Å². The summed E-state index contributed by atoms with van der Waals surface area (Å²) >= 11 is 0. The molecule has 30 heavy (non-hydrogen) atoms. The Bertz CT molecular complexity index is 1080. The van der Waals surface area contributed by atoms with Gasteiger partial charge in [0.25, 0.3) is 5.91 Å². The number of ether oxygens (including phenoxy) is 2. The summed E-state index contributed by atoms with van der Waals surface area (Å²) in [6.07, 6.45) is -2.94. The van der Waals surface area contributed by atoms with Crippen LogP contribution in [0.2, 0.25) is 0 Å². The van der Waals surface area contributed by atoms with Gasteiger partial charge in [-0.05, 0) is 37.6 Å². The molecule has 3 rings (SSSR count). The molecule has 0 aliphatic rings. The lowest BCUT2D eigenvalue weighted by Crippen LogP contribution is -2.32. The van der Waals surface area contributed by atoms with Crippen LogP contribution in [0.25, 0.3) is 16.9 Å². The van der Waals surface area contributed by atoms with Crippen molar-refractivity contribution in [1.82, 2.24) is 19.9 Å². The molecule has 3 aromatic rings. The molecule has 0 saturated carbocycles. The van der Waals surface area contributed by atoms with Crippen molar-refractivity contribution in [2.45, 2.75) is 32.5 Å². The first-order valence-electron chi connectivity index (χ1n) is 9.18. The molecule has 7 nitrogen and oxygen atoms in total. The monoisotopic (exact) mass is 422 g/mol. The highest BCUT2D eigenvalue weighted by atomic mass is 19.4. The summed E-state index contributed by atoms with van der Waals surface area (Å²) in [6.45, 7) is 3.68. The molecular weight excluding hydrogens is 401 g/mol. The molecule has 1 aromatic carbocycles. The minimum atomic E-state index is -4.71. The molecule has 0 aliphatic carbocycles. The topological polar surface area (TPSA) is 77.8 Å². The number of benzene rings is 1. The molecule has 1 N–H and O–H groups in total. The van der Waals surface area contributed by atoms with E-state index in [-0.39, 0.29) is 22.9 Å². The number of hydrogen-bond donors (Lipinski definition) is 1. The number of carbonyl (C=O) groups is 1. The highest BCUT2D eigenvalue weighted by molar-refractivity contribution is 6.00. The van der Waals surface area contributed by atoms with Crippen LogP contribution in [0.3, 0.4) is 0 Å². The molecule has 0 aliphatic heterocycles. The average Bonchev–Trinajstić information content (AvgIpc) is 3.15. The summed E-state index contributed by atoms with van der Waals surface area (Å²) in [5.41, 5.74) is -0.873. The van der Waals surface area contributed by atoms with Gasteiger partial charge in [-0.25, -0.2) is 9.50 Å². The zero-order chi connectivity index (χ0) is 22.1. The molecule has 0 saturated heterocycles. The van der Waals surface area contributed by atoms with Gasteiger partial charge < -0.3 is 14.8 Å². The van der Waals surface area contributed by atoms with Gasteiger partial charge in [0, 0.05) is 11.6 Å². The van der Waals surface area contributed by atoms with Crippen molar-refractivity contribution in [3.8, 4) is 22.8 Å². The second-order valence-corrected chi connectivity index (χ2v) is 6.67. The summed E-state index contributed by atoms with van der Waals surface area (Å²) in [5.74, 6) is 0.231. The van der Waals surface area contributed by atoms with Gasteiger partial charge in [-0.1, -0.05) is 6.92 Å². The van der Waals surface area contributed by atoms with E-state index in [0.717, 1.165) is 12.3 Å². The number of amides is 1. The fraction of sp³-hybridized carbons (Fsp3) is 0.350. The van der Waals surface area contributed by atoms with Gasteiger partial charge in [0.2, 0.25) is 0 Å². The van der Waals surface area contributed by atoms with E-state index in [1.165, 1.54) is 20.3 Å². The van der Waals surface area contributed by atoms with E-state index in [1.54, 1.807) is 19.1 Å². The number of rotatable bonds is 6. The van der Waals surface area contributed by atoms with Crippen LogP contribution in [0.1, 0.15) is 36.3 Å². The fourth-order valence-corrected chi connectivity index (χ4v) is 2.87. The van der Waals surface area contributed by atoms with Crippen molar-refractivity contribution < 1.29 is 27.4 Å². The zero-order valence-corrected chi connectivity index (χ0v) is 16.9. The molecule has 0 spiro atoms. The SMILES string of the molecule is CCC(C)NC(=O)c1cnn2c(C(F)(F)F)cc(-c3ccc(OC)c(OC)c3)nc12. The summed E-state index contributed by atoms with van der Waals surface area (Å²) in [7, 11) is 2.88. The number of carbonyl (C=O) groups excluding carboxylic acids is 1. The first-order chi connectivity index (χ1) is 14.2. The number of fused-ring (bicyclic) bond motifs is 1. The minimum Gasteiger partial charge on any atom is -0.493 e. The lowest BCUT2D eigenvalue weighted by molar-refractivity contribution is -0.142. The highest BCUT2D eigenvalue weighted by Crippen LogP contribution is 2.35. The molecular formula is C20H21F3N4O3. The molecule has 1 amide bonds. The smallest absolute Gasteiger partial charge is 0.433 e. The van der Waals surface area contributed by atoms with Gasteiger partial charge in [0.05, 0.1) is 26.1 Å². The van der Waals surface area contributed by atoms with Crippen LogP contribution < -0.4 is 14.8 Å². The van der Waals surface area contributed by atoms with Gasteiger partial charge in [-0.3, -0.25) is 4.79 Å². The predicted molar refractivity (Wildman–Crippen MR) is 104 cm³/mol. The number of halogens is 3. The molecule has 0 bridgehead atoms. The van der Waals surface area contributed by atoms with E-state index >= 15 is 0 Å². The Morgan fingerprint density at radius 3 is 2.50 bits per heavy atom. The molecule has 0 radical (unpaired) electrons. The molecule has 10 heteroatoms. The van der Waals surface area contributed by atoms with Crippen LogP contribution in [0.4, 0.5) is 13.2 Å². The molecule has 160 valence electrons. The lowest BCUT2D eigenvalue weighted by Gasteiger charge is -2.14. The van der Waals surface area contributed by atoms with Gasteiger partial charge in [0.1, 0.15) is 5.56 Å². The lowest BCUT2D eigenvalue weighted by atomic mass is 10.1. The summed E-state index contributed by atoms with van der Waals surface area (Å²) in [4.78, 5) is 16.9. The maximum atomic E-state index is 13.7. The summed E-state index contributed by atoms with van der Waals surface area (Å²) < 4.78 is 52.2. The Morgan fingerprint density at radius 2 is 1.90 bits per heavy atom. The average molecular weight is 422 g/mol. The van der Waals surface area contributed by atoms with Crippen LogP contribution in [-0.4, -0.2) is 40.8 Å². The number of methoxy groups -OCH3 is 2. The number of nitrogens with zero attached hydrogens (tertiary/aromatic N) is 3. The van der Waals surface area contributed by atoms with Crippen LogP contribution in [0.5, 0.6) is 11.5 Å². The third-order valence-corrected chi connectivity index (χ3v) is 4.68. The van der Waals surface area contributed by atoms with E-state index in [9.17, 15) is 18.0 Å². The van der Waals surface area contributed by atoms with Crippen molar-refractivity contribution in [2.75, 3.05) is 14.2 Å². The van der Waals surface area contributed by atoms with Crippen LogP contribution in [0.15, 0.2) is 30.5 Å². The normalized spacial score (nSPS) is 12.6. The molecule has 1 unspecified atom stereocenters. The van der Waals surface area contributed by atoms with Crippen LogP contribution >= 0.6 is 0 Å². The molecule has 1 atom stereocenters. The Morgan fingerprint density at radius 1 is 1.20 bits per heavy atom. The Balaban J connectivity index is 2.21. The quantitative estimate of drug-likeness (QED) is 0.651. The molecule has 2 heterocycles. The first kappa shape index (κ1) is 21.4. The highest BCUT2D eigenvalue weighted by Gasteiger charge is 2.36. The Labute approximate surface area is 170 Å². The number of alkyl halides is 3. The third kappa shape index (κ3) is 4.03. The molecule has 0 fully saturated rings. The van der Waals surface area contributed by atoms with E-state index in [0.29, 0.717) is 28.0 Å². The van der Waals surface area contributed by atoms with E-state index in [4.69, 9.17) is 9.47 Å². The zero-order valence-electron chi connectivity index (χ0n) is 16.9. The van der Waals surface area contributed by atoms with Crippen LogP contribution in [-0.2, 0) is 6.18 Å². The second-order valence-electron chi connectivity index (χ2n) is 6.67. The van der Waals surface area contributed by atoms with E-state index < -0.39 is 17.8 Å². The van der Waals surface area contributed by atoms with Gasteiger partial charge in [-0.2, -0.15) is 18.3 Å². The number of nitrogens with one attached hydrogen (secondary N) is 1. The standard InChI is InChI=1S/C20H21F3N4O3/c1-5-11(2)25-19(28)13-10-24-27-17(20(21,22)23)9-14(26-18(13)27)12-6-7-15(29-3)16(8-12)30-4/h6-11H,5H2,1-4H3,(H,25,28). The maximum Gasteiger partial charge on any atom is 0.433 e. The predicted octanol–water partition coefficient (Wildman–Crippen LogP) is 3.96. The van der Waals surface area contributed by atoms with Crippen molar-refractivity contribution in [3.05, 3.63) is 41.7 Å². The van der Waals surface area contributed by atoms with Gasteiger partial charge >= 0.3 is 6.18 Å². The van der Waals surface area contributed by atoms with Crippen molar-refractivity contribution in [1.29, 1.82) is 0 Å². The summed E-state index contributed by atoms with van der Waals surface area (Å²) in [6, 6.07) is 5.39. The van der Waals surface area contributed by atoms with Gasteiger partial charge in [0.15, 0.2) is 22.8 Å². The van der Waals surface area contributed by atoms with Crippen molar-refractivity contribution in [2.24, 2.45) is 0 Å². The van der Waals surface area contributed by atoms with E-state index in [2.05, 4.69) is 15.4 Å². The fourth-order valence-electron chi connectivity index (χ4n) is 2.87. The number of hydrogen-bond acceptors (Lipinski definition) is 5. The minimum absolute atomic E-state index is 0.0221. The van der Waals surface area contributed by atoms with Crippen molar-refractivity contribution >= 4 is 11.6 Å². The van der Waals surface area contributed by atoms with Crippen LogP contribution in [0, 0.1) is 0 Å². The summed E-state index contributed by atoms with van der Waals surface area (Å²) in [5, 5.41) is 6.49. The Hall–Kier alpha value is -3.30. The Kier molecular flexibility index (Phi) is 5.86. The first-order valence-corrected chi connectivity index (χ1v) is 9.18. The third-order valence-electron chi connectivity index (χ3n) is 4.68. The van der Waals surface area contributed by atoms with Gasteiger partial charge in [-0.15, -0.1) is 0 Å². The maximum absolute atomic E-state index is 13.7. The van der Waals surface area contributed by atoms with Crippen molar-refractivity contribution in [3.63, 3.8) is 0 Å². The second kappa shape index (κ2) is 8.21. The largest absolute Gasteiger partial charge is 0.493 e. The molecule has 2 aromatic heterocycles. The number of aromatic nitrogens is 3.